The fraction of sp³-hybridized carbons (Fsp3) is 0.708. The van der Waals surface area contributed by atoms with E-state index in [1.165, 1.54) is 0 Å². The molecule has 4 unspecified atom stereocenters. The predicted octanol–water partition coefficient (Wildman–Crippen LogP) is 2.32. The molecule has 2 heterocycles. The molecule has 4 aliphatic rings. The number of allylic oxidation sites excluding steroid dienone is 2. The number of aromatic nitrogens is 1. The van der Waals surface area contributed by atoms with E-state index in [2.05, 4.69) is 26.0 Å². The molecule has 7 heteroatoms. The van der Waals surface area contributed by atoms with Gasteiger partial charge in [-0.2, -0.15) is 4.73 Å². The van der Waals surface area contributed by atoms with Gasteiger partial charge >= 0.3 is 0 Å². The number of epoxide rings is 1. The summed E-state index contributed by atoms with van der Waals surface area (Å²) in [5, 5.41) is 42.8. The Morgan fingerprint density at radius 1 is 1.23 bits per heavy atom. The molecule has 3 aliphatic carbocycles. The summed E-state index contributed by atoms with van der Waals surface area (Å²) in [5.74, 6) is 1.81. The third kappa shape index (κ3) is 3.33. The Morgan fingerprint density at radius 2 is 2.00 bits per heavy atom. The van der Waals surface area contributed by atoms with Gasteiger partial charge in [-0.3, -0.25) is 4.79 Å². The number of aromatic hydroxyl groups is 1. The van der Waals surface area contributed by atoms with Gasteiger partial charge in [0.05, 0.1) is 17.9 Å². The predicted molar refractivity (Wildman–Crippen MR) is 113 cm³/mol. The molecule has 1 aromatic heterocycles. The van der Waals surface area contributed by atoms with E-state index in [1.807, 2.05) is 0 Å². The van der Waals surface area contributed by atoms with Crippen molar-refractivity contribution in [2.24, 2.45) is 29.6 Å². The average molecular weight is 432 g/mol. The zero-order chi connectivity index (χ0) is 22.1. The first-order chi connectivity index (χ1) is 14.7. The summed E-state index contributed by atoms with van der Waals surface area (Å²) >= 11 is 0. The van der Waals surface area contributed by atoms with Crippen molar-refractivity contribution in [3.63, 3.8) is 0 Å². The summed E-state index contributed by atoms with van der Waals surface area (Å²) in [6.45, 7) is 4.43. The van der Waals surface area contributed by atoms with Crippen molar-refractivity contribution in [3.8, 4) is 5.75 Å². The monoisotopic (exact) mass is 431 g/mol. The molecule has 3 fully saturated rings. The smallest absolute Gasteiger partial charge is 0.289 e. The van der Waals surface area contributed by atoms with Gasteiger partial charge in [0.1, 0.15) is 23.6 Å². The average Bonchev–Trinajstić information content (AvgIpc) is 3.55. The summed E-state index contributed by atoms with van der Waals surface area (Å²) in [4.78, 5) is 12.8. The normalized spacial score (nSPS) is 43.9. The van der Waals surface area contributed by atoms with Crippen LogP contribution in [0.4, 0.5) is 0 Å². The SMILES string of the molecule is C[C@H]1CC[C@@H]2[C@@H](Cc3c(O)c(C4(O)CCC(O)C5OC54)cn(O)c3=O)[C@@H](C)C=C[C@H]2C1. The molecule has 0 radical (unpaired) electrons. The minimum atomic E-state index is -1.54. The molecule has 1 aromatic rings. The Kier molecular flexibility index (Phi) is 4.99. The standard InChI is InChI=1S/C24H33NO6/c1-12-3-6-15-14(9-12)5-4-13(2)16(15)10-17-20(27)18(11-25(30)23(17)28)24(29)8-7-19(26)21-22(24)31-21/h4-5,11-16,19,21-22,26-27,29-30H,3,6-10H2,1-2H3/t12-,13-,14-,15-,16-,19?,21?,22?,24?/m0/s1. The molecule has 5 rings (SSSR count). The molecule has 9 atom stereocenters. The van der Waals surface area contributed by atoms with Crippen molar-refractivity contribution in [2.75, 3.05) is 0 Å². The number of fused-ring (bicyclic) bond motifs is 2. The molecule has 1 saturated heterocycles. The maximum absolute atomic E-state index is 12.8. The molecule has 1 aliphatic heterocycles. The van der Waals surface area contributed by atoms with E-state index in [9.17, 15) is 25.3 Å². The van der Waals surface area contributed by atoms with Crippen LogP contribution in [-0.4, -0.2) is 43.6 Å². The lowest BCUT2D eigenvalue weighted by Gasteiger charge is -2.43. The third-order valence-corrected chi connectivity index (χ3v) is 8.47. The number of aliphatic hydroxyl groups excluding tert-OH is 1. The second-order valence-electron chi connectivity index (χ2n) is 10.4. The van der Waals surface area contributed by atoms with Crippen molar-refractivity contribution in [3.05, 3.63) is 39.8 Å². The van der Waals surface area contributed by atoms with Crippen molar-refractivity contribution >= 4 is 0 Å². The van der Waals surface area contributed by atoms with Crippen LogP contribution in [0.3, 0.4) is 0 Å². The van der Waals surface area contributed by atoms with E-state index in [0.29, 0.717) is 35.3 Å². The quantitative estimate of drug-likeness (QED) is 0.332. The van der Waals surface area contributed by atoms with Crippen LogP contribution in [0.5, 0.6) is 5.75 Å². The molecule has 170 valence electrons. The van der Waals surface area contributed by atoms with E-state index in [4.69, 9.17) is 4.74 Å². The van der Waals surface area contributed by atoms with Crippen LogP contribution in [0.1, 0.15) is 57.1 Å². The highest BCUT2D eigenvalue weighted by molar-refractivity contribution is 5.44. The molecule has 2 saturated carbocycles. The number of hydrogen-bond donors (Lipinski definition) is 4. The summed E-state index contributed by atoms with van der Waals surface area (Å²) in [7, 11) is 0. The van der Waals surface area contributed by atoms with Crippen LogP contribution in [0.2, 0.25) is 0 Å². The van der Waals surface area contributed by atoms with Gasteiger partial charge in [-0.15, -0.1) is 0 Å². The Hall–Kier alpha value is -1.83. The van der Waals surface area contributed by atoms with Gasteiger partial charge in [-0.25, -0.2) is 0 Å². The molecular formula is C24H33NO6. The van der Waals surface area contributed by atoms with Crippen LogP contribution in [0.15, 0.2) is 23.1 Å². The number of pyridine rings is 1. The van der Waals surface area contributed by atoms with Crippen LogP contribution in [0, 0.1) is 29.6 Å². The third-order valence-electron chi connectivity index (χ3n) is 8.47. The van der Waals surface area contributed by atoms with Crippen LogP contribution >= 0.6 is 0 Å². The number of aliphatic hydroxyl groups is 2. The lowest BCUT2D eigenvalue weighted by Crippen LogP contribution is -2.42. The van der Waals surface area contributed by atoms with Gasteiger partial charge < -0.3 is 25.3 Å². The highest BCUT2D eigenvalue weighted by Crippen LogP contribution is 2.52. The highest BCUT2D eigenvalue weighted by Gasteiger charge is 2.62. The fourth-order valence-electron chi connectivity index (χ4n) is 6.53. The van der Waals surface area contributed by atoms with E-state index >= 15 is 0 Å². The highest BCUT2D eigenvalue weighted by atomic mass is 16.6. The number of nitrogens with zero attached hydrogens (tertiary/aromatic N) is 1. The molecule has 4 N–H and O–H groups in total. The van der Waals surface area contributed by atoms with Gasteiger partial charge in [-0.1, -0.05) is 32.4 Å². The first kappa shape index (κ1) is 21.0. The van der Waals surface area contributed by atoms with E-state index in [1.54, 1.807) is 0 Å². The summed E-state index contributed by atoms with van der Waals surface area (Å²) in [6, 6.07) is 0. The fourth-order valence-corrected chi connectivity index (χ4v) is 6.53. The maximum atomic E-state index is 12.8. The zero-order valence-corrected chi connectivity index (χ0v) is 18.1. The van der Waals surface area contributed by atoms with E-state index in [0.717, 1.165) is 25.5 Å². The molecule has 0 bridgehead atoms. The molecule has 7 nitrogen and oxygen atoms in total. The minimum Gasteiger partial charge on any atom is -0.507 e. The number of rotatable bonds is 3. The lowest BCUT2D eigenvalue weighted by atomic mass is 9.62. The van der Waals surface area contributed by atoms with Crippen LogP contribution in [-0.2, 0) is 16.8 Å². The van der Waals surface area contributed by atoms with Crippen molar-refractivity contribution in [1.29, 1.82) is 0 Å². The van der Waals surface area contributed by atoms with Crippen LogP contribution in [0.25, 0.3) is 0 Å². The Balaban J connectivity index is 1.50. The second-order valence-corrected chi connectivity index (χ2v) is 10.4. The lowest BCUT2D eigenvalue weighted by molar-refractivity contribution is -0.0247. The number of ether oxygens (including phenoxy) is 1. The number of hydrogen-bond acceptors (Lipinski definition) is 6. The van der Waals surface area contributed by atoms with Crippen molar-refractivity contribution in [1.82, 2.24) is 4.73 Å². The van der Waals surface area contributed by atoms with Crippen molar-refractivity contribution < 1.29 is 25.3 Å². The Bertz CT molecular complexity index is 956. The molecule has 0 amide bonds. The summed E-state index contributed by atoms with van der Waals surface area (Å²) in [6.07, 6.45) is 8.15. The van der Waals surface area contributed by atoms with Gasteiger partial charge in [0.15, 0.2) is 0 Å². The minimum absolute atomic E-state index is 0.108. The maximum Gasteiger partial charge on any atom is 0.289 e. The van der Waals surface area contributed by atoms with Gasteiger partial charge in [0.2, 0.25) is 0 Å². The zero-order valence-electron chi connectivity index (χ0n) is 18.1. The van der Waals surface area contributed by atoms with Gasteiger partial charge in [0, 0.05) is 5.56 Å². The van der Waals surface area contributed by atoms with Gasteiger partial charge in [0.25, 0.3) is 5.56 Å². The first-order valence-corrected chi connectivity index (χ1v) is 11.6. The molecule has 0 spiro atoms. The van der Waals surface area contributed by atoms with Gasteiger partial charge in [-0.05, 0) is 61.7 Å². The summed E-state index contributed by atoms with van der Waals surface area (Å²) < 4.78 is 5.96. The molecule has 0 aromatic carbocycles. The topological polar surface area (TPSA) is 115 Å². The summed E-state index contributed by atoms with van der Waals surface area (Å²) in [5.41, 5.74) is -1.92. The largest absolute Gasteiger partial charge is 0.507 e. The second kappa shape index (κ2) is 7.36. The first-order valence-electron chi connectivity index (χ1n) is 11.6. The molecular weight excluding hydrogens is 398 g/mol. The van der Waals surface area contributed by atoms with Crippen LogP contribution < -0.4 is 5.56 Å². The van der Waals surface area contributed by atoms with E-state index in [-0.39, 0.29) is 35.1 Å². The Labute approximate surface area is 181 Å². The van der Waals surface area contributed by atoms with E-state index < -0.39 is 29.5 Å². The molecule has 31 heavy (non-hydrogen) atoms. The van der Waals surface area contributed by atoms with Crippen molar-refractivity contribution in [2.45, 2.75) is 76.3 Å². The Morgan fingerprint density at radius 3 is 2.77 bits per heavy atom.